The van der Waals surface area contributed by atoms with Crippen LogP contribution in [0.2, 0.25) is 0 Å². The molecule has 8 heteroatoms. The van der Waals surface area contributed by atoms with E-state index in [1.54, 1.807) is 18.2 Å². The molecule has 1 aliphatic heterocycles. The second-order valence-electron chi connectivity index (χ2n) is 7.18. The first-order chi connectivity index (χ1) is 13.7. The molecule has 0 bridgehead atoms. The molecule has 0 fully saturated rings. The molecule has 0 radical (unpaired) electrons. The van der Waals surface area contributed by atoms with E-state index in [9.17, 15) is 13.2 Å². The van der Waals surface area contributed by atoms with Gasteiger partial charge in [-0.15, -0.1) is 0 Å². The van der Waals surface area contributed by atoms with E-state index in [-0.39, 0.29) is 31.7 Å². The maximum Gasteiger partial charge on any atom is 0.232 e. The molecule has 1 N–H and O–H groups in total. The lowest BCUT2D eigenvalue weighted by atomic mass is 10.1. The molecule has 0 saturated heterocycles. The first kappa shape index (κ1) is 21.0. The SMILES string of the molecule is Cc1ccc([C@H](C)NC(=O)CCCN(c2ccc3c(c2)OCO3)S(C)(=O)=O)cc1. The van der Waals surface area contributed by atoms with Crippen LogP contribution < -0.4 is 19.1 Å². The topological polar surface area (TPSA) is 84.9 Å². The third kappa shape index (κ3) is 5.41. The van der Waals surface area contributed by atoms with Crippen LogP contribution in [0.4, 0.5) is 5.69 Å². The number of hydrogen-bond donors (Lipinski definition) is 1. The van der Waals surface area contributed by atoms with Crippen molar-refractivity contribution in [1.29, 1.82) is 0 Å². The molecular weight excluding hydrogens is 392 g/mol. The van der Waals surface area contributed by atoms with E-state index in [1.807, 2.05) is 38.1 Å². The molecule has 1 heterocycles. The third-order valence-electron chi connectivity index (χ3n) is 4.76. The van der Waals surface area contributed by atoms with Crippen molar-refractivity contribution in [3.63, 3.8) is 0 Å². The maximum absolute atomic E-state index is 12.3. The average molecular weight is 419 g/mol. The summed E-state index contributed by atoms with van der Waals surface area (Å²) in [5.74, 6) is 0.990. The molecule has 1 amide bonds. The van der Waals surface area contributed by atoms with Gasteiger partial charge < -0.3 is 14.8 Å². The lowest BCUT2D eigenvalue weighted by Crippen LogP contribution is -2.32. The molecule has 0 aliphatic carbocycles. The van der Waals surface area contributed by atoms with Gasteiger partial charge in [-0.2, -0.15) is 0 Å². The van der Waals surface area contributed by atoms with Gasteiger partial charge in [0, 0.05) is 19.0 Å². The third-order valence-corrected chi connectivity index (χ3v) is 5.96. The first-order valence-electron chi connectivity index (χ1n) is 9.47. The molecule has 7 nitrogen and oxygen atoms in total. The summed E-state index contributed by atoms with van der Waals surface area (Å²) >= 11 is 0. The molecule has 1 atom stereocenters. The van der Waals surface area contributed by atoms with Gasteiger partial charge in [0.05, 0.1) is 18.0 Å². The highest BCUT2D eigenvalue weighted by atomic mass is 32.2. The molecule has 156 valence electrons. The smallest absolute Gasteiger partial charge is 0.232 e. The number of anilines is 1. The van der Waals surface area contributed by atoms with Gasteiger partial charge in [0.2, 0.25) is 22.7 Å². The minimum atomic E-state index is -3.50. The summed E-state index contributed by atoms with van der Waals surface area (Å²) in [7, 11) is -3.50. The van der Waals surface area contributed by atoms with Crippen molar-refractivity contribution in [2.75, 3.05) is 23.9 Å². The van der Waals surface area contributed by atoms with E-state index in [0.717, 1.165) is 17.4 Å². The van der Waals surface area contributed by atoms with Crippen molar-refractivity contribution in [1.82, 2.24) is 5.32 Å². The van der Waals surface area contributed by atoms with Crippen LogP contribution in [0.1, 0.15) is 36.9 Å². The van der Waals surface area contributed by atoms with Crippen LogP contribution in [0.15, 0.2) is 42.5 Å². The van der Waals surface area contributed by atoms with E-state index in [0.29, 0.717) is 23.6 Å². The maximum atomic E-state index is 12.3. The van der Waals surface area contributed by atoms with Gasteiger partial charge in [-0.3, -0.25) is 9.10 Å². The number of fused-ring (bicyclic) bond motifs is 1. The summed E-state index contributed by atoms with van der Waals surface area (Å²) in [5, 5.41) is 2.96. The molecule has 29 heavy (non-hydrogen) atoms. The zero-order chi connectivity index (χ0) is 21.0. The number of amides is 1. The molecular formula is C21H26N2O5S. The fourth-order valence-corrected chi connectivity index (χ4v) is 4.12. The summed E-state index contributed by atoms with van der Waals surface area (Å²) in [6, 6.07) is 12.9. The van der Waals surface area contributed by atoms with E-state index in [2.05, 4.69) is 5.32 Å². The zero-order valence-electron chi connectivity index (χ0n) is 16.8. The number of rotatable bonds is 8. The van der Waals surface area contributed by atoms with E-state index in [1.165, 1.54) is 4.31 Å². The highest BCUT2D eigenvalue weighted by molar-refractivity contribution is 7.92. The molecule has 2 aromatic rings. The average Bonchev–Trinajstić information content (AvgIpc) is 3.12. The van der Waals surface area contributed by atoms with Gasteiger partial charge in [-0.25, -0.2) is 8.42 Å². The molecule has 0 aromatic heterocycles. The number of nitrogens with zero attached hydrogens (tertiary/aromatic N) is 1. The number of sulfonamides is 1. The first-order valence-corrected chi connectivity index (χ1v) is 11.3. The number of aryl methyl sites for hydroxylation is 1. The van der Waals surface area contributed by atoms with E-state index < -0.39 is 10.0 Å². The van der Waals surface area contributed by atoms with Gasteiger partial charge in [0.25, 0.3) is 0 Å². The van der Waals surface area contributed by atoms with Crippen molar-refractivity contribution in [3.05, 3.63) is 53.6 Å². The zero-order valence-corrected chi connectivity index (χ0v) is 17.7. The number of carbonyl (C=O) groups is 1. The van der Waals surface area contributed by atoms with Crippen molar-refractivity contribution >= 4 is 21.6 Å². The standard InChI is InChI=1S/C21H26N2O5S/c1-15-6-8-17(9-7-15)16(2)22-21(24)5-4-12-23(29(3,25)26)18-10-11-19-20(13-18)28-14-27-19/h6-11,13,16H,4-5,12,14H2,1-3H3,(H,22,24)/t16-/m0/s1. The van der Waals surface area contributed by atoms with Gasteiger partial charge in [-0.05, 0) is 38.0 Å². The highest BCUT2D eigenvalue weighted by Crippen LogP contribution is 2.36. The van der Waals surface area contributed by atoms with Crippen LogP contribution in [0.5, 0.6) is 11.5 Å². The van der Waals surface area contributed by atoms with Gasteiger partial charge >= 0.3 is 0 Å². The second-order valence-corrected chi connectivity index (χ2v) is 9.08. The normalized spacial score (nSPS) is 13.8. The molecule has 0 unspecified atom stereocenters. The Kier molecular flexibility index (Phi) is 6.32. The lowest BCUT2D eigenvalue weighted by molar-refractivity contribution is -0.121. The summed E-state index contributed by atoms with van der Waals surface area (Å²) in [6.45, 7) is 4.26. The van der Waals surface area contributed by atoms with E-state index in [4.69, 9.17) is 9.47 Å². The summed E-state index contributed by atoms with van der Waals surface area (Å²) in [4.78, 5) is 12.3. The number of carbonyl (C=O) groups excluding carboxylic acids is 1. The Labute approximate surface area is 171 Å². The molecule has 3 rings (SSSR count). The molecule has 0 spiro atoms. The highest BCUT2D eigenvalue weighted by Gasteiger charge is 2.21. The summed E-state index contributed by atoms with van der Waals surface area (Å²) < 4.78 is 36.4. The Morgan fingerprint density at radius 1 is 1.14 bits per heavy atom. The fraction of sp³-hybridized carbons (Fsp3) is 0.381. The minimum absolute atomic E-state index is 0.108. The summed E-state index contributed by atoms with van der Waals surface area (Å²) in [5.41, 5.74) is 2.68. The van der Waals surface area contributed by atoms with Crippen molar-refractivity contribution in [2.24, 2.45) is 0 Å². The minimum Gasteiger partial charge on any atom is -0.454 e. The van der Waals surface area contributed by atoms with E-state index >= 15 is 0 Å². The van der Waals surface area contributed by atoms with Crippen molar-refractivity contribution < 1.29 is 22.7 Å². The van der Waals surface area contributed by atoms with Crippen LogP contribution in [-0.2, 0) is 14.8 Å². The quantitative estimate of drug-likeness (QED) is 0.712. The number of benzene rings is 2. The predicted octanol–water partition coefficient (Wildman–Crippen LogP) is 3.15. The van der Waals surface area contributed by atoms with Crippen LogP contribution in [0.3, 0.4) is 0 Å². The lowest BCUT2D eigenvalue weighted by Gasteiger charge is -2.23. The Hall–Kier alpha value is -2.74. The predicted molar refractivity (Wildman–Crippen MR) is 112 cm³/mol. The van der Waals surface area contributed by atoms with Crippen LogP contribution in [0.25, 0.3) is 0 Å². The largest absolute Gasteiger partial charge is 0.454 e. The Morgan fingerprint density at radius 2 is 1.83 bits per heavy atom. The molecule has 1 aliphatic rings. The van der Waals surface area contributed by atoms with Crippen LogP contribution in [-0.4, -0.2) is 33.9 Å². The number of hydrogen-bond acceptors (Lipinski definition) is 5. The monoisotopic (exact) mass is 418 g/mol. The number of nitrogens with one attached hydrogen (secondary N) is 1. The summed E-state index contributed by atoms with van der Waals surface area (Å²) in [6.07, 6.45) is 1.78. The van der Waals surface area contributed by atoms with Crippen LogP contribution in [0, 0.1) is 6.92 Å². The van der Waals surface area contributed by atoms with Gasteiger partial charge in [-0.1, -0.05) is 29.8 Å². The van der Waals surface area contributed by atoms with Crippen molar-refractivity contribution in [3.8, 4) is 11.5 Å². The molecule has 0 saturated carbocycles. The second kappa shape index (κ2) is 8.73. The molecule has 2 aromatic carbocycles. The van der Waals surface area contributed by atoms with Crippen LogP contribution >= 0.6 is 0 Å². The Balaban J connectivity index is 1.57. The van der Waals surface area contributed by atoms with Gasteiger partial charge in [0.1, 0.15) is 0 Å². The Bertz CT molecular complexity index is 973. The fourth-order valence-electron chi connectivity index (χ4n) is 3.16. The Morgan fingerprint density at radius 3 is 2.52 bits per heavy atom. The van der Waals surface area contributed by atoms with Gasteiger partial charge in [0.15, 0.2) is 11.5 Å². The van der Waals surface area contributed by atoms with Crippen molar-refractivity contribution in [2.45, 2.75) is 32.7 Å². The number of ether oxygens (including phenoxy) is 2.